The fourth-order valence-corrected chi connectivity index (χ4v) is 3.34. The summed E-state index contributed by atoms with van der Waals surface area (Å²) in [6.45, 7) is 4.90. The highest BCUT2D eigenvalue weighted by Gasteiger charge is 2.35. The van der Waals surface area contributed by atoms with Crippen molar-refractivity contribution in [2.45, 2.75) is 33.1 Å². The van der Waals surface area contributed by atoms with Gasteiger partial charge < -0.3 is 9.26 Å². The van der Waals surface area contributed by atoms with Gasteiger partial charge in [0.2, 0.25) is 0 Å². The summed E-state index contributed by atoms with van der Waals surface area (Å²) in [6.07, 6.45) is 3.99. The van der Waals surface area contributed by atoms with Crippen molar-refractivity contribution >= 4 is 17.5 Å². The summed E-state index contributed by atoms with van der Waals surface area (Å²) in [5.74, 6) is 2.67. The standard InChI is InChI=1S/C19H23NO3S/c1-19(2)11-15-18(16(21)12-19)17(23-20-15)10-13-4-6-14(7-5-13)22-8-9-24-3/h4-7H,8-12H2,1-3H3. The zero-order chi connectivity index (χ0) is 17.2. The fourth-order valence-electron chi connectivity index (χ4n) is 3.09. The summed E-state index contributed by atoms with van der Waals surface area (Å²) in [5.41, 5.74) is 2.57. The topological polar surface area (TPSA) is 52.3 Å². The Labute approximate surface area is 146 Å². The van der Waals surface area contributed by atoms with E-state index in [4.69, 9.17) is 9.26 Å². The van der Waals surface area contributed by atoms with E-state index in [1.165, 1.54) is 0 Å². The Morgan fingerprint density at radius 2 is 2.00 bits per heavy atom. The highest BCUT2D eigenvalue weighted by Crippen LogP contribution is 2.36. The molecular weight excluding hydrogens is 322 g/mol. The van der Waals surface area contributed by atoms with Gasteiger partial charge in [0, 0.05) is 18.6 Å². The molecule has 128 valence electrons. The summed E-state index contributed by atoms with van der Waals surface area (Å²) >= 11 is 1.76. The molecule has 3 rings (SSSR count). The van der Waals surface area contributed by atoms with Crippen LogP contribution in [0, 0.1) is 5.41 Å². The van der Waals surface area contributed by atoms with Crippen molar-refractivity contribution in [3.8, 4) is 5.75 Å². The minimum absolute atomic E-state index is 0.0337. The number of nitrogens with zero attached hydrogens (tertiary/aromatic N) is 1. The molecule has 0 N–H and O–H groups in total. The molecule has 0 aliphatic heterocycles. The van der Waals surface area contributed by atoms with Crippen LogP contribution in [0.25, 0.3) is 0 Å². The van der Waals surface area contributed by atoms with E-state index in [1.54, 1.807) is 11.8 Å². The van der Waals surface area contributed by atoms with E-state index in [1.807, 2.05) is 24.3 Å². The summed E-state index contributed by atoms with van der Waals surface area (Å²) in [6, 6.07) is 7.95. The maximum absolute atomic E-state index is 12.5. The van der Waals surface area contributed by atoms with E-state index >= 15 is 0 Å². The van der Waals surface area contributed by atoms with Crippen LogP contribution in [0.1, 0.15) is 47.6 Å². The Hall–Kier alpha value is -1.75. The molecule has 2 aromatic rings. The molecule has 1 aromatic heterocycles. The molecule has 24 heavy (non-hydrogen) atoms. The van der Waals surface area contributed by atoms with Crippen molar-refractivity contribution in [3.05, 3.63) is 46.8 Å². The Bertz CT molecular complexity index is 719. The molecule has 0 unspecified atom stereocenters. The van der Waals surface area contributed by atoms with E-state index < -0.39 is 0 Å². The van der Waals surface area contributed by atoms with Gasteiger partial charge in [-0.05, 0) is 35.8 Å². The molecule has 1 aliphatic carbocycles. The summed E-state index contributed by atoms with van der Waals surface area (Å²) in [5, 5.41) is 4.14. The Kier molecular flexibility index (Phi) is 4.99. The zero-order valence-electron chi connectivity index (χ0n) is 14.4. The lowest BCUT2D eigenvalue weighted by atomic mass is 9.75. The minimum atomic E-state index is -0.0337. The van der Waals surface area contributed by atoms with Crippen LogP contribution in [0.5, 0.6) is 5.75 Å². The number of ether oxygens (including phenoxy) is 1. The number of carbonyl (C=O) groups excluding carboxylic acids is 1. The van der Waals surface area contributed by atoms with Crippen LogP contribution >= 0.6 is 11.8 Å². The largest absolute Gasteiger partial charge is 0.493 e. The van der Waals surface area contributed by atoms with Crippen LogP contribution < -0.4 is 4.74 Å². The van der Waals surface area contributed by atoms with Gasteiger partial charge in [-0.15, -0.1) is 0 Å². The SMILES string of the molecule is CSCCOc1ccc(Cc2onc3c2C(=O)CC(C)(C)C3)cc1. The summed E-state index contributed by atoms with van der Waals surface area (Å²) in [7, 11) is 0. The first-order valence-corrected chi connectivity index (χ1v) is 9.59. The Morgan fingerprint density at radius 3 is 2.71 bits per heavy atom. The quantitative estimate of drug-likeness (QED) is 0.736. The van der Waals surface area contributed by atoms with Crippen molar-refractivity contribution < 1.29 is 14.1 Å². The second kappa shape index (κ2) is 7.01. The van der Waals surface area contributed by atoms with Gasteiger partial charge in [-0.25, -0.2) is 0 Å². The number of hydrogen-bond donors (Lipinski definition) is 0. The normalized spacial score (nSPS) is 16.0. The van der Waals surface area contributed by atoms with Crippen LogP contribution in [0.3, 0.4) is 0 Å². The van der Waals surface area contributed by atoms with E-state index in [9.17, 15) is 4.79 Å². The van der Waals surface area contributed by atoms with Gasteiger partial charge in [-0.3, -0.25) is 4.79 Å². The number of ketones is 1. The van der Waals surface area contributed by atoms with Gasteiger partial charge in [0.25, 0.3) is 0 Å². The molecule has 0 bridgehead atoms. The average Bonchev–Trinajstić information content (AvgIpc) is 2.91. The molecule has 0 atom stereocenters. The molecule has 4 nitrogen and oxygen atoms in total. The number of aromatic nitrogens is 1. The molecule has 1 aliphatic rings. The van der Waals surface area contributed by atoms with Crippen LogP contribution in [-0.4, -0.2) is 29.6 Å². The van der Waals surface area contributed by atoms with Crippen LogP contribution in [0.4, 0.5) is 0 Å². The summed E-state index contributed by atoms with van der Waals surface area (Å²) < 4.78 is 11.1. The molecule has 0 fully saturated rings. The van der Waals surface area contributed by atoms with Crippen LogP contribution in [0.15, 0.2) is 28.8 Å². The number of carbonyl (C=O) groups is 1. The fraction of sp³-hybridized carbons (Fsp3) is 0.474. The third kappa shape index (κ3) is 3.83. The molecule has 1 aromatic carbocycles. The zero-order valence-corrected chi connectivity index (χ0v) is 15.2. The van der Waals surface area contributed by atoms with Gasteiger partial charge in [0.15, 0.2) is 11.5 Å². The van der Waals surface area contributed by atoms with Gasteiger partial charge >= 0.3 is 0 Å². The van der Waals surface area contributed by atoms with E-state index in [0.717, 1.165) is 29.2 Å². The Morgan fingerprint density at radius 1 is 1.25 bits per heavy atom. The molecule has 1 heterocycles. The van der Waals surface area contributed by atoms with E-state index in [0.29, 0.717) is 30.8 Å². The number of fused-ring (bicyclic) bond motifs is 1. The number of thioether (sulfide) groups is 1. The first kappa shape index (κ1) is 17.1. The average molecular weight is 345 g/mol. The van der Waals surface area contributed by atoms with Gasteiger partial charge in [0.05, 0.1) is 17.9 Å². The van der Waals surface area contributed by atoms with Gasteiger partial charge in [0.1, 0.15) is 5.75 Å². The van der Waals surface area contributed by atoms with Crippen molar-refractivity contribution in [3.63, 3.8) is 0 Å². The number of rotatable bonds is 6. The second-order valence-electron chi connectivity index (χ2n) is 7.03. The molecule has 0 spiro atoms. The second-order valence-corrected chi connectivity index (χ2v) is 8.02. The number of hydrogen-bond acceptors (Lipinski definition) is 5. The Balaban J connectivity index is 1.71. The van der Waals surface area contributed by atoms with Crippen molar-refractivity contribution in [1.82, 2.24) is 5.16 Å². The molecular formula is C19H23NO3S. The predicted molar refractivity (Wildman–Crippen MR) is 96.1 cm³/mol. The molecule has 0 amide bonds. The lowest BCUT2D eigenvalue weighted by Crippen LogP contribution is -2.27. The van der Waals surface area contributed by atoms with Gasteiger partial charge in [-0.2, -0.15) is 11.8 Å². The first-order chi connectivity index (χ1) is 11.5. The van der Waals surface area contributed by atoms with Gasteiger partial charge in [-0.1, -0.05) is 31.1 Å². The van der Waals surface area contributed by atoms with E-state index in [2.05, 4.69) is 25.3 Å². The molecule has 0 saturated heterocycles. The van der Waals surface area contributed by atoms with Crippen molar-refractivity contribution in [1.29, 1.82) is 0 Å². The maximum atomic E-state index is 12.5. The summed E-state index contributed by atoms with van der Waals surface area (Å²) in [4.78, 5) is 12.5. The predicted octanol–water partition coefficient (Wildman–Crippen LogP) is 4.16. The van der Waals surface area contributed by atoms with Crippen molar-refractivity contribution in [2.24, 2.45) is 5.41 Å². The smallest absolute Gasteiger partial charge is 0.168 e. The number of benzene rings is 1. The molecule has 0 saturated carbocycles. The molecule has 0 radical (unpaired) electrons. The number of Topliss-reactive ketones (excluding diaryl/α,β-unsaturated/α-hetero) is 1. The van der Waals surface area contributed by atoms with Crippen LogP contribution in [-0.2, 0) is 12.8 Å². The highest BCUT2D eigenvalue weighted by atomic mass is 32.2. The van der Waals surface area contributed by atoms with Crippen molar-refractivity contribution in [2.75, 3.05) is 18.6 Å². The minimum Gasteiger partial charge on any atom is -0.493 e. The lowest BCUT2D eigenvalue weighted by molar-refractivity contribution is 0.0911. The monoisotopic (exact) mass is 345 g/mol. The third-order valence-corrected chi connectivity index (χ3v) is 4.82. The molecule has 5 heteroatoms. The van der Waals surface area contributed by atoms with Crippen LogP contribution in [0.2, 0.25) is 0 Å². The highest BCUT2D eigenvalue weighted by molar-refractivity contribution is 7.98. The third-order valence-electron chi connectivity index (χ3n) is 4.24. The van der Waals surface area contributed by atoms with E-state index in [-0.39, 0.29) is 11.2 Å². The maximum Gasteiger partial charge on any atom is 0.168 e. The first-order valence-electron chi connectivity index (χ1n) is 8.20. The lowest BCUT2D eigenvalue weighted by Gasteiger charge is -2.26.